The average Bonchev–Trinajstić information content (AvgIpc) is 3.54. The van der Waals surface area contributed by atoms with Gasteiger partial charge in [0.15, 0.2) is 0 Å². The van der Waals surface area contributed by atoms with Gasteiger partial charge in [-0.3, -0.25) is 14.8 Å². The number of carbonyl (C=O) groups excluding carboxylic acids is 1. The third kappa shape index (κ3) is 5.68. The van der Waals surface area contributed by atoms with Gasteiger partial charge < -0.3 is 0 Å². The highest BCUT2D eigenvalue weighted by Crippen LogP contribution is 2.34. The lowest BCUT2D eigenvalue weighted by Gasteiger charge is -2.10. The molecule has 192 valence electrons. The van der Waals surface area contributed by atoms with Crippen molar-refractivity contribution in [2.75, 3.05) is 5.32 Å². The summed E-state index contributed by atoms with van der Waals surface area (Å²) in [5, 5.41) is 20.9. The van der Waals surface area contributed by atoms with Gasteiger partial charge in [0.2, 0.25) is 0 Å². The van der Waals surface area contributed by atoms with Crippen LogP contribution in [0.1, 0.15) is 21.5 Å². The van der Waals surface area contributed by atoms with E-state index in [9.17, 15) is 18.0 Å². The maximum absolute atomic E-state index is 13.3. The molecule has 0 saturated carbocycles. The SMILES string of the molecule is O=C(Nc1nn[nH]n1)c1ccc(Cn2nc(-c3cccc(C(F)(F)F)c3)cc2-c2cc(Cl)cc(Cl)c2)cc1. The van der Waals surface area contributed by atoms with Crippen LogP contribution < -0.4 is 5.32 Å². The number of anilines is 1. The number of nitrogens with one attached hydrogen (secondary N) is 2. The lowest BCUT2D eigenvalue weighted by molar-refractivity contribution is -0.137. The first-order valence-electron chi connectivity index (χ1n) is 11.0. The van der Waals surface area contributed by atoms with Gasteiger partial charge in [0.25, 0.3) is 11.9 Å². The summed E-state index contributed by atoms with van der Waals surface area (Å²) < 4.78 is 41.6. The minimum atomic E-state index is -4.49. The number of aromatic amines is 1. The van der Waals surface area contributed by atoms with Gasteiger partial charge in [-0.05, 0) is 59.3 Å². The fraction of sp³-hybridized carbons (Fsp3) is 0.0800. The largest absolute Gasteiger partial charge is 0.416 e. The second-order valence-corrected chi connectivity index (χ2v) is 9.07. The average molecular weight is 558 g/mol. The molecule has 5 rings (SSSR count). The van der Waals surface area contributed by atoms with Crippen LogP contribution in [0.5, 0.6) is 0 Å². The van der Waals surface area contributed by atoms with Crippen molar-refractivity contribution in [2.45, 2.75) is 12.7 Å². The van der Waals surface area contributed by atoms with Crippen molar-refractivity contribution in [2.24, 2.45) is 0 Å². The zero-order valence-electron chi connectivity index (χ0n) is 19.2. The fourth-order valence-corrected chi connectivity index (χ4v) is 4.32. The van der Waals surface area contributed by atoms with Crippen molar-refractivity contribution in [3.8, 4) is 22.5 Å². The second kappa shape index (κ2) is 10.3. The minimum Gasteiger partial charge on any atom is -0.288 e. The third-order valence-corrected chi connectivity index (χ3v) is 5.98. The molecule has 13 heteroatoms. The lowest BCUT2D eigenvalue weighted by atomic mass is 10.1. The summed E-state index contributed by atoms with van der Waals surface area (Å²) in [7, 11) is 0. The molecule has 5 aromatic rings. The summed E-state index contributed by atoms with van der Waals surface area (Å²) in [6, 6.07) is 18.4. The number of halogens is 5. The molecule has 0 bridgehead atoms. The maximum atomic E-state index is 13.3. The summed E-state index contributed by atoms with van der Waals surface area (Å²) in [5.74, 6) is -0.374. The van der Waals surface area contributed by atoms with Gasteiger partial charge in [-0.2, -0.15) is 23.5 Å². The van der Waals surface area contributed by atoms with Gasteiger partial charge in [-0.15, -0.1) is 5.10 Å². The van der Waals surface area contributed by atoms with Crippen molar-refractivity contribution in [1.29, 1.82) is 0 Å². The number of alkyl halides is 3. The van der Waals surface area contributed by atoms with Crippen LogP contribution in [0.25, 0.3) is 22.5 Å². The molecule has 0 radical (unpaired) electrons. The molecule has 8 nitrogen and oxygen atoms in total. The number of rotatable bonds is 6. The molecule has 1 amide bonds. The maximum Gasteiger partial charge on any atom is 0.416 e. The number of aromatic nitrogens is 6. The van der Waals surface area contributed by atoms with E-state index in [1.807, 2.05) is 0 Å². The first-order valence-corrected chi connectivity index (χ1v) is 11.8. The Hall–Kier alpha value is -4.22. The number of hydrogen-bond acceptors (Lipinski definition) is 5. The van der Waals surface area contributed by atoms with Crippen LogP contribution in [0, 0.1) is 0 Å². The molecule has 2 aromatic heterocycles. The smallest absolute Gasteiger partial charge is 0.288 e. The zero-order valence-corrected chi connectivity index (χ0v) is 20.7. The van der Waals surface area contributed by atoms with Gasteiger partial charge in [-0.25, -0.2) is 0 Å². The first-order chi connectivity index (χ1) is 18.2. The molecule has 0 aliphatic heterocycles. The molecular formula is C25H16Cl2F3N7O. The normalized spacial score (nSPS) is 11.5. The Kier molecular flexibility index (Phi) is 6.87. The number of hydrogen-bond donors (Lipinski definition) is 2. The number of nitrogens with zero attached hydrogens (tertiary/aromatic N) is 5. The summed E-state index contributed by atoms with van der Waals surface area (Å²) >= 11 is 12.4. The Morgan fingerprint density at radius 3 is 2.34 bits per heavy atom. The summed E-state index contributed by atoms with van der Waals surface area (Å²) in [6.07, 6.45) is -4.49. The van der Waals surface area contributed by atoms with Crippen LogP contribution in [0.15, 0.2) is 72.8 Å². The van der Waals surface area contributed by atoms with E-state index < -0.39 is 17.6 Å². The first kappa shape index (κ1) is 25.4. The summed E-state index contributed by atoms with van der Waals surface area (Å²) in [5.41, 5.74) is 2.27. The predicted octanol–water partition coefficient (Wildman–Crippen LogP) is 6.36. The Morgan fingerprint density at radius 2 is 1.68 bits per heavy atom. The molecule has 2 heterocycles. The molecule has 0 unspecified atom stereocenters. The van der Waals surface area contributed by atoms with Gasteiger partial charge in [-0.1, -0.05) is 52.6 Å². The van der Waals surface area contributed by atoms with Gasteiger partial charge in [0.05, 0.1) is 23.5 Å². The number of H-pyrrole nitrogens is 1. The van der Waals surface area contributed by atoms with Gasteiger partial charge in [0, 0.05) is 26.7 Å². The monoisotopic (exact) mass is 557 g/mol. The van der Waals surface area contributed by atoms with E-state index in [4.69, 9.17) is 23.2 Å². The number of amides is 1. The van der Waals surface area contributed by atoms with Crippen molar-refractivity contribution in [3.05, 3.63) is 99.5 Å². The second-order valence-electron chi connectivity index (χ2n) is 8.20. The molecule has 3 aromatic carbocycles. The quantitative estimate of drug-likeness (QED) is 0.253. The minimum absolute atomic E-state index is 0.0440. The number of tetrazole rings is 1. The molecule has 0 aliphatic rings. The molecule has 0 aliphatic carbocycles. The van der Waals surface area contributed by atoms with Crippen molar-refractivity contribution >= 4 is 35.1 Å². The Labute approximate surface area is 223 Å². The Morgan fingerprint density at radius 1 is 0.947 bits per heavy atom. The topological polar surface area (TPSA) is 101 Å². The Bertz CT molecular complexity index is 1580. The van der Waals surface area contributed by atoms with Crippen LogP contribution in [0.4, 0.5) is 19.1 Å². The van der Waals surface area contributed by atoms with E-state index in [1.54, 1.807) is 59.3 Å². The van der Waals surface area contributed by atoms with E-state index in [0.29, 0.717) is 38.1 Å². The highest BCUT2D eigenvalue weighted by molar-refractivity contribution is 6.35. The van der Waals surface area contributed by atoms with Crippen LogP contribution in [0.2, 0.25) is 10.0 Å². The van der Waals surface area contributed by atoms with Crippen molar-refractivity contribution < 1.29 is 18.0 Å². The van der Waals surface area contributed by atoms with E-state index in [0.717, 1.165) is 17.7 Å². The molecule has 0 spiro atoms. The van der Waals surface area contributed by atoms with Crippen LogP contribution >= 0.6 is 23.2 Å². The van der Waals surface area contributed by atoms with Crippen LogP contribution in [-0.2, 0) is 12.7 Å². The van der Waals surface area contributed by atoms with E-state index in [2.05, 4.69) is 31.0 Å². The summed E-state index contributed by atoms with van der Waals surface area (Å²) in [6.45, 7) is 0.255. The van der Waals surface area contributed by atoms with E-state index in [1.165, 1.54) is 6.07 Å². The predicted molar refractivity (Wildman–Crippen MR) is 136 cm³/mol. The fourth-order valence-electron chi connectivity index (χ4n) is 3.79. The number of benzene rings is 3. The molecule has 0 atom stereocenters. The molecule has 2 N–H and O–H groups in total. The van der Waals surface area contributed by atoms with Crippen LogP contribution in [0.3, 0.4) is 0 Å². The molecule has 0 fully saturated rings. The lowest BCUT2D eigenvalue weighted by Crippen LogP contribution is -2.13. The van der Waals surface area contributed by atoms with Crippen LogP contribution in [-0.4, -0.2) is 36.3 Å². The van der Waals surface area contributed by atoms with E-state index >= 15 is 0 Å². The van der Waals surface area contributed by atoms with Crippen molar-refractivity contribution in [1.82, 2.24) is 30.4 Å². The van der Waals surface area contributed by atoms with E-state index in [-0.39, 0.29) is 12.5 Å². The zero-order chi connectivity index (χ0) is 26.9. The highest BCUT2D eigenvalue weighted by Gasteiger charge is 2.30. The van der Waals surface area contributed by atoms with Crippen molar-refractivity contribution in [3.63, 3.8) is 0 Å². The molecular weight excluding hydrogens is 542 g/mol. The number of carbonyl (C=O) groups is 1. The molecule has 0 saturated heterocycles. The molecule has 38 heavy (non-hydrogen) atoms. The Balaban J connectivity index is 1.48. The highest BCUT2D eigenvalue weighted by atomic mass is 35.5. The van der Waals surface area contributed by atoms with Gasteiger partial charge >= 0.3 is 6.18 Å². The summed E-state index contributed by atoms with van der Waals surface area (Å²) in [4.78, 5) is 12.4. The standard InChI is InChI=1S/C25H16Cl2F3N7O/c26-19-9-17(10-20(27)11-19)22-12-21(16-2-1-3-18(8-16)25(28,29)30)34-37(22)13-14-4-6-15(7-5-14)23(38)31-24-32-35-36-33-24/h1-12H,13H2,(H2,31,32,33,35,36,38). The third-order valence-electron chi connectivity index (χ3n) is 5.54. The van der Waals surface area contributed by atoms with Gasteiger partial charge in [0.1, 0.15) is 0 Å².